The van der Waals surface area contributed by atoms with Gasteiger partial charge in [-0.2, -0.15) is 0 Å². The van der Waals surface area contributed by atoms with E-state index in [0.717, 1.165) is 23.3 Å². The van der Waals surface area contributed by atoms with E-state index in [0.29, 0.717) is 4.90 Å². The number of carbonyl (C=O) groups excluding carboxylic acids is 3. The fraction of sp³-hybridized carbons (Fsp3) is 0.0800. The van der Waals surface area contributed by atoms with Crippen molar-refractivity contribution in [2.45, 2.75) is 13.5 Å². The predicted octanol–water partition coefficient (Wildman–Crippen LogP) is 5.46. The van der Waals surface area contributed by atoms with Gasteiger partial charge in [-0.05, 0) is 42.8 Å². The summed E-state index contributed by atoms with van der Waals surface area (Å²) in [6.45, 7) is 2.12. The van der Waals surface area contributed by atoms with Crippen molar-refractivity contribution in [3.05, 3.63) is 103 Å². The van der Waals surface area contributed by atoms with Crippen LogP contribution in [0.2, 0.25) is 10.0 Å². The SMILES string of the molecule is Cc1ccc(COc2c(Cl)cc(Cl)cc2/C=C2\C(=O)NC(=O)N(c3ccc([N+](=O)[O-])cc3)C2=O)cc1. The van der Waals surface area contributed by atoms with Crippen molar-refractivity contribution in [2.24, 2.45) is 0 Å². The van der Waals surface area contributed by atoms with E-state index in [-0.39, 0.29) is 44.9 Å². The van der Waals surface area contributed by atoms with Crippen LogP contribution in [0.25, 0.3) is 6.08 Å². The third-order valence-electron chi connectivity index (χ3n) is 5.26. The maximum absolute atomic E-state index is 13.2. The number of hydrogen-bond donors (Lipinski definition) is 1. The molecule has 3 aromatic rings. The smallest absolute Gasteiger partial charge is 0.335 e. The first-order valence-electron chi connectivity index (χ1n) is 10.5. The number of hydrogen-bond acceptors (Lipinski definition) is 6. The second-order valence-corrected chi connectivity index (χ2v) is 8.66. The molecule has 0 saturated carbocycles. The Morgan fingerprint density at radius 2 is 1.69 bits per heavy atom. The van der Waals surface area contributed by atoms with Gasteiger partial charge >= 0.3 is 6.03 Å². The third kappa shape index (κ3) is 5.22. The van der Waals surface area contributed by atoms with Gasteiger partial charge in [-0.1, -0.05) is 53.0 Å². The van der Waals surface area contributed by atoms with E-state index < -0.39 is 22.8 Å². The van der Waals surface area contributed by atoms with Gasteiger partial charge in [0.05, 0.1) is 15.6 Å². The highest BCUT2D eigenvalue weighted by Crippen LogP contribution is 2.35. The number of aryl methyl sites for hydroxylation is 1. The van der Waals surface area contributed by atoms with Crippen molar-refractivity contribution in [3.63, 3.8) is 0 Å². The van der Waals surface area contributed by atoms with Crippen molar-refractivity contribution in [1.29, 1.82) is 0 Å². The molecule has 0 atom stereocenters. The molecule has 4 amide bonds. The van der Waals surface area contributed by atoms with E-state index in [4.69, 9.17) is 27.9 Å². The topological polar surface area (TPSA) is 119 Å². The zero-order chi connectivity index (χ0) is 26.0. The number of barbiturate groups is 1. The summed E-state index contributed by atoms with van der Waals surface area (Å²) < 4.78 is 5.91. The molecule has 1 fully saturated rings. The third-order valence-corrected chi connectivity index (χ3v) is 5.76. The minimum Gasteiger partial charge on any atom is -0.487 e. The molecule has 0 aromatic heterocycles. The van der Waals surface area contributed by atoms with Gasteiger partial charge in [-0.25, -0.2) is 9.69 Å². The quantitative estimate of drug-likeness (QED) is 0.197. The van der Waals surface area contributed by atoms with Crippen LogP contribution in [0.1, 0.15) is 16.7 Å². The van der Waals surface area contributed by atoms with Gasteiger partial charge in [0.1, 0.15) is 17.9 Å². The van der Waals surface area contributed by atoms with Crippen molar-refractivity contribution < 1.29 is 24.0 Å². The number of benzene rings is 3. The number of nitro benzene ring substituents is 1. The summed E-state index contributed by atoms with van der Waals surface area (Å²) in [5.74, 6) is -1.67. The molecule has 0 radical (unpaired) electrons. The number of rotatable bonds is 6. The largest absolute Gasteiger partial charge is 0.487 e. The first-order valence-corrected chi connectivity index (χ1v) is 11.2. The number of nitrogens with zero attached hydrogens (tertiary/aromatic N) is 2. The minimum absolute atomic E-state index is 0.0430. The van der Waals surface area contributed by atoms with Gasteiger partial charge in [-0.15, -0.1) is 0 Å². The number of imide groups is 2. The average molecular weight is 526 g/mol. The predicted molar refractivity (Wildman–Crippen MR) is 134 cm³/mol. The van der Waals surface area contributed by atoms with Crippen LogP contribution in [0.5, 0.6) is 5.75 Å². The van der Waals surface area contributed by atoms with Crippen LogP contribution < -0.4 is 15.0 Å². The molecular formula is C25H17Cl2N3O6. The Morgan fingerprint density at radius 1 is 1.03 bits per heavy atom. The van der Waals surface area contributed by atoms with Gasteiger partial charge < -0.3 is 4.74 Å². The Labute approximate surface area is 215 Å². The van der Waals surface area contributed by atoms with Crippen molar-refractivity contribution in [3.8, 4) is 5.75 Å². The molecule has 0 bridgehead atoms. The standard InChI is InChI=1S/C25H17Cl2N3O6/c1-14-2-4-15(5-3-14)13-36-22-16(10-17(26)12-21(22)27)11-20-23(31)28-25(33)29(24(20)32)18-6-8-19(9-7-18)30(34)35/h2-12H,13H2,1H3,(H,28,31,33)/b20-11+. The van der Waals surface area contributed by atoms with Crippen molar-refractivity contribution in [1.82, 2.24) is 5.32 Å². The van der Waals surface area contributed by atoms with E-state index in [9.17, 15) is 24.5 Å². The summed E-state index contributed by atoms with van der Waals surface area (Å²) in [5, 5.41) is 13.4. The molecule has 9 nitrogen and oxygen atoms in total. The molecule has 0 aliphatic carbocycles. The molecule has 36 heavy (non-hydrogen) atoms. The summed E-state index contributed by atoms with van der Waals surface area (Å²) >= 11 is 12.5. The molecule has 11 heteroatoms. The monoisotopic (exact) mass is 525 g/mol. The van der Waals surface area contributed by atoms with Gasteiger partial charge in [0.2, 0.25) is 0 Å². The average Bonchev–Trinajstić information content (AvgIpc) is 2.82. The van der Waals surface area contributed by atoms with E-state index in [1.165, 1.54) is 30.3 Å². The number of amides is 4. The summed E-state index contributed by atoms with van der Waals surface area (Å²) in [5.41, 5.74) is 1.64. The van der Waals surface area contributed by atoms with Crippen LogP contribution in [0, 0.1) is 17.0 Å². The fourth-order valence-corrected chi connectivity index (χ4v) is 4.01. The number of carbonyl (C=O) groups is 3. The van der Waals surface area contributed by atoms with E-state index in [1.54, 1.807) is 0 Å². The zero-order valence-corrected chi connectivity index (χ0v) is 20.2. The maximum atomic E-state index is 13.2. The Kier molecular flexibility index (Phi) is 7.05. The first-order chi connectivity index (χ1) is 17.1. The van der Waals surface area contributed by atoms with Crippen LogP contribution in [0.3, 0.4) is 0 Å². The molecule has 182 valence electrons. The number of halogens is 2. The number of anilines is 1. The summed E-state index contributed by atoms with van der Waals surface area (Å²) in [6, 6.07) is 14.3. The number of nitrogens with one attached hydrogen (secondary N) is 1. The van der Waals surface area contributed by atoms with Crippen molar-refractivity contribution in [2.75, 3.05) is 4.90 Å². The van der Waals surface area contributed by atoms with Gasteiger partial charge in [0.15, 0.2) is 0 Å². The Morgan fingerprint density at radius 3 is 2.33 bits per heavy atom. The Balaban J connectivity index is 1.69. The lowest BCUT2D eigenvalue weighted by molar-refractivity contribution is -0.384. The second kappa shape index (κ2) is 10.2. The Hall–Kier alpha value is -4.21. The molecule has 1 saturated heterocycles. The van der Waals surface area contributed by atoms with Crippen LogP contribution in [-0.2, 0) is 16.2 Å². The van der Waals surface area contributed by atoms with Crippen LogP contribution >= 0.6 is 23.2 Å². The zero-order valence-electron chi connectivity index (χ0n) is 18.7. The number of ether oxygens (including phenoxy) is 1. The van der Waals surface area contributed by atoms with E-state index in [2.05, 4.69) is 5.32 Å². The van der Waals surface area contributed by atoms with Crippen LogP contribution in [-0.4, -0.2) is 22.8 Å². The van der Waals surface area contributed by atoms with Gasteiger partial charge in [0, 0.05) is 22.7 Å². The molecule has 1 aliphatic heterocycles. The number of non-ortho nitro benzene ring substituents is 1. The summed E-state index contributed by atoms with van der Waals surface area (Å²) in [6.07, 6.45) is 1.23. The highest BCUT2D eigenvalue weighted by Gasteiger charge is 2.37. The lowest BCUT2D eigenvalue weighted by Crippen LogP contribution is -2.54. The molecule has 1 N–H and O–H groups in total. The summed E-state index contributed by atoms with van der Waals surface area (Å²) in [7, 11) is 0. The van der Waals surface area contributed by atoms with Crippen LogP contribution in [0.4, 0.5) is 16.2 Å². The molecule has 4 rings (SSSR count). The highest BCUT2D eigenvalue weighted by molar-refractivity contribution is 6.40. The highest BCUT2D eigenvalue weighted by atomic mass is 35.5. The molecule has 0 spiro atoms. The fourth-order valence-electron chi connectivity index (χ4n) is 3.45. The van der Waals surface area contributed by atoms with E-state index >= 15 is 0 Å². The lowest BCUT2D eigenvalue weighted by atomic mass is 10.1. The lowest BCUT2D eigenvalue weighted by Gasteiger charge is -2.26. The molecule has 3 aromatic carbocycles. The maximum Gasteiger partial charge on any atom is 0.335 e. The molecular weight excluding hydrogens is 509 g/mol. The Bertz CT molecular complexity index is 1420. The number of nitro groups is 1. The molecule has 0 unspecified atom stereocenters. The first kappa shape index (κ1) is 24.9. The molecule has 1 heterocycles. The normalized spacial score (nSPS) is 14.7. The second-order valence-electron chi connectivity index (χ2n) is 7.81. The summed E-state index contributed by atoms with van der Waals surface area (Å²) in [4.78, 5) is 49.2. The molecule has 1 aliphatic rings. The van der Waals surface area contributed by atoms with Crippen LogP contribution in [0.15, 0.2) is 66.2 Å². The minimum atomic E-state index is -0.990. The van der Waals surface area contributed by atoms with Crippen molar-refractivity contribution >= 4 is 58.5 Å². The van der Waals surface area contributed by atoms with Gasteiger partial charge in [0.25, 0.3) is 17.5 Å². The van der Waals surface area contributed by atoms with E-state index in [1.807, 2.05) is 31.2 Å². The van der Waals surface area contributed by atoms with Gasteiger partial charge in [-0.3, -0.25) is 25.0 Å². The number of urea groups is 1.